The van der Waals surface area contributed by atoms with Crippen molar-refractivity contribution in [2.45, 2.75) is 45.7 Å². The van der Waals surface area contributed by atoms with E-state index in [4.69, 9.17) is 0 Å². The van der Waals surface area contributed by atoms with Crippen molar-refractivity contribution < 1.29 is 9.90 Å². The van der Waals surface area contributed by atoms with Crippen molar-refractivity contribution in [1.82, 2.24) is 5.32 Å². The summed E-state index contributed by atoms with van der Waals surface area (Å²) in [7, 11) is 0. The molecule has 0 saturated heterocycles. The lowest BCUT2D eigenvalue weighted by atomic mass is 9.88. The lowest BCUT2D eigenvalue weighted by Crippen LogP contribution is -2.41. The smallest absolute Gasteiger partial charge is 0.325 e. The Bertz CT molecular complexity index is 454. The number of rotatable bonds is 3. The molecule has 1 heterocycles. The number of carboxylic acids is 1. The molecule has 2 rings (SSSR count). The molecule has 0 saturated carbocycles. The SMILES string of the molecule is CC(C)Cc1ccc2c(c1)C(C(=O)O)NC(C)C2. The molecule has 2 unspecified atom stereocenters. The van der Waals surface area contributed by atoms with Crippen molar-refractivity contribution in [1.29, 1.82) is 0 Å². The van der Waals surface area contributed by atoms with Crippen LogP contribution < -0.4 is 5.32 Å². The third-order valence-electron chi connectivity index (χ3n) is 3.39. The van der Waals surface area contributed by atoms with Gasteiger partial charge in [-0.15, -0.1) is 0 Å². The average molecular weight is 247 g/mol. The van der Waals surface area contributed by atoms with Crippen LogP contribution >= 0.6 is 0 Å². The van der Waals surface area contributed by atoms with E-state index in [2.05, 4.69) is 37.4 Å². The van der Waals surface area contributed by atoms with Crippen molar-refractivity contribution in [3.8, 4) is 0 Å². The molecule has 1 aliphatic rings. The predicted octanol–water partition coefficient (Wildman–Crippen LogP) is 2.55. The number of carbonyl (C=O) groups is 1. The summed E-state index contributed by atoms with van der Waals surface area (Å²) in [4.78, 5) is 11.3. The molecule has 3 heteroatoms. The third kappa shape index (κ3) is 2.72. The molecule has 0 aliphatic carbocycles. The van der Waals surface area contributed by atoms with Crippen LogP contribution in [0.5, 0.6) is 0 Å². The molecule has 18 heavy (non-hydrogen) atoms. The molecule has 0 aromatic heterocycles. The van der Waals surface area contributed by atoms with Crippen molar-refractivity contribution in [2.24, 2.45) is 5.92 Å². The molecule has 2 N–H and O–H groups in total. The van der Waals surface area contributed by atoms with Crippen LogP contribution in [-0.4, -0.2) is 17.1 Å². The van der Waals surface area contributed by atoms with Gasteiger partial charge in [0, 0.05) is 6.04 Å². The highest BCUT2D eigenvalue weighted by Gasteiger charge is 2.29. The van der Waals surface area contributed by atoms with Crippen LogP contribution in [0.4, 0.5) is 0 Å². The first-order valence-electron chi connectivity index (χ1n) is 6.58. The number of nitrogens with one attached hydrogen (secondary N) is 1. The van der Waals surface area contributed by atoms with E-state index in [-0.39, 0.29) is 6.04 Å². The van der Waals surface area contributed by atoms with Gasteiger partial charge in [0.1, 0.15) is 6.04 Å². The Hall–Kier alpha value is -1.35. The molecule has 98 valence electrons. The molecule has 1 aromatic carbocycles. The summed E-state index contributed by atoms with van der Waals surface area (Å²) in [5, 5.41) is 12.5. The van der Waals surface area contributed by atoms with E-state index in [1.54, 1.807) is 0 Å². The topological polar surface area (TPSA) is 49.3 Å². The summed E-state index contributed by atoms with van der Waals surface area (Å²) in [6.45, 7) is 6.38. The minimum atomic E-state index is -0.788. The highest BCUT2D eigenvalue weighted by atomic mass is 16.4. The van der Waals surface area contributed by atoms with E-state index in [0.29, 0.717) is 5.92 Å². The molecular formula is C15H21NO2. The number of benzene rings is 1. The first-order chi connectivity index (χ1) is 8.47. The molecule has 0 radical (unpaired) electrons. The van der Waals surface area contributed by atoms with Crippen LogP contribution in [0.3, 0.4) is 0 Å². The lowest BCUT2D eigenvalue weighted by molar-refractivity contribution is -0.140. The van der Waals surface area contributed by atoms with Gasteiger partial charge in [0.2, 0.25) is 0 Å². The molecule has 2 atom stereocenters. The minimum absolute atomic E-state index is 0.217. The van der Waals surface area contributed by atoms with Crippen LogP contribution in [0.25, 0.3) is 0 Å². The van der Waals surface area contributed by atoms with Gasteiger partial charge >= 0.3 is 5.97 Å². The van der Waals surface area contributed by atoms with E-state index >= 15 is 0 Å². The second-order valence-corrected chi connectivity index (χ2v) is 5.67. The molecule has 0 fully saturated rings. The summed E-state index contributed by atoms with van der Waals surface area (Å²) in [6, 6.07) is 5.95. The van der Waals surface area contributed by atoms with Gasteiger partial charge in [-0.2, -0.15) is 0 Å². The van der Waals surface area contributed by atoms with Crippen LogP contribution in [0, 0.1) is 5.92 Å². The first kappa shape index (κ1) is 13.1. The van der Waals surface area contributed by atoms with Crippen molar-refractivity contribution >= 4 is 5.97 Å². The Morgan fingerprint density at radius 3 is 2.83 bits per heavy atom. The Labute approximate surface area is 108 Å². The monoisotopic (exact) mass is 247 g/mol. The van der Waals surface area contributed by atoms with Crippen molar-refractivity contribution in [2.75, 3.05) is 0 Å². The number of fused-ring (bicyclic) bond motifs is 1. The highest BCUT2D eigenvalue weighted by molar-refractivity contribution is 5.76. The largest absolute Gasteiger partial charge is 0.480 e. The lowest BCUT2D eigenvalue weighted by Gasteiger charge is -2.29. The molecule has 3 nitrogen and oxygen atoms in total. The fourth-order valence-corrected chi connectivity index (χ4v) is 2.66. The highest BCUT2D eigenvalue weighted by Crippen LogP contribution is 2.27. The summed E-state index contributed by atoms with van der Waals surface area (Å²) >= 11 is 0. The minimum Gasteiger partial charge on any atom is -0.480 e. The maximum Gasteiger partial charge on any atom is 0.325 e. The second-order valence-electron chi connectivity index (χ2n) is 5.67. The van der Waals surface area contributed by atoms with Crippen molar-refractivity contribution in [3.63, 3.8) is 0 Å². The quantitative estimate of drug-likeness (QED) is 0.863. The van der Waals surface area contributed by atoms with Crippen molar-refractivity contribution in [3.05, 3.63) is 34.9 Å². The molecule has 0 amide bonds. The number of hydrogen-bond donors (Lipinski definition) is 2. The normalized spacial score (nSPS) is 22.9. The van der Waals surface area contributed by atoms with Gasteiger partial charge in [0.05, 0.1) is 0 Å². The van der Waals surface area contributed by atoms with E-state index in [0.717, 1.165) is 18.4 Å². The third-order valence-corrected chi connectivity index (χ3v) is 3.39. The van der Waals surface area contributed by atoms with Gasteiger partial charge in [-0.05, 0) is 42.4 Å². The maximum atomic E-state index is 11.3. The summed E-state index contributed by atoms with van der Waals surface area (Å²) in [6.07, 6.45) is 1.90. The Kier molecular flexibility index (Phi) is 3.71. The summed E-state index contributed by atoms with van der Waals surface area (Å²) in [5.74, 6) is -0.203. The van der Waals surface area contributed by atoms with Gasteiger partial charge in [-0.1, -0.05) is 32.0 Å². The van der Waals surface area contributed by atoms with E-state index in [9.17, 15) is 9.90 Å². The zero-order valence-electron chi connectivity index (χ0n) is 11.2. The number of carboxylic acid groups (broad SMARTS) is 1. The van der Waals surface area contributed by atoms with Crippen LogP contribution in [0.1, 0.15) is 43.5 Å². The Morgan fingerprint density at radius 1 is 1.50 bits per heavy atom. The standard InChI is InChI=1S/C15H21NO2/c1-9(2)6-11-4-5-12-7-10(3)16-14(15(17)18)13(12)8-11/h4-5,8-10,14,16H,6-7H2,1-3H3,(H,17,18). The van der Waals surface area contributed by atoms with Gasteiger partial charge in [0.25, 0.3) is 0 Å². The van der Waals surface area contributed by atoms with Crippen LogP contribution in [0.2, 0.25) is 0 Å². The second kappa shape index (κ2) is 5.11. The summed E-state index contributed by atoms with van der Waals surface area (Å²) in [5.41, 5.74) is 3.34. The van der Waals surface area contributed by atoms with Gasteiger partial charge in [-0.3, -0.25) is 10.1 Å². The van der Waals surface area contributed by atoms with E-state index in [1.807, 2.05) is 6.92 Å². The fourth-order valence-electron chi connectivity index (χ4n) is 2.66. The fraction of sp³-hybridized carbons (Fsp3) is 0.533. The molecular weight excluding hydrogens is 226 g/mol. The first-order valence-corrected chi connectivity index (χ1v) is 6.58. The van der Waals surface area contributed by atoms with E-state index in [1.165, 1.54) is 11.1 Å². The zero-order valence-corrected chi connectivity index (χ0v) is 11.2. The zero-order chi connectivity index (χ0) is 13.3. The molecule has 0 bridgehead atoms. The van der Waals surface area contributed by atoms with Gasteiger partial charge < -0.3 is 5.11 Å². The van der Waals surface area contributed by atoms with Gasteiger partial charge in [-0.25, -0.2) is 0 Å². The maximum absolute atomic E-state index is 11.3. The summed E-state index contributed by atoms with van der Waals surface area (Å²) < 4.78 is 0. The number of aliphatic carboxylic acids is 1. The van der Waals surface area contributed by atoms with Crippen LogP contribution in [-0.2, 0) is 17.6 Å². The van der Waals surface area contributed by atoms with Crippen LogP contribution in [0.15, 0.2) is 18.2 Å². The molecule has 0 spiro atoms. The molecule has 1 aromatic rings. The Balaban J connectivity index is 2.36. The predicted molar refractivity (Wildman–Crippen MR) is 71.7 cm³/mol. The average Bonchev–Trinajstić information content (AvgIpc) is 2.27. The van der Waals surface area contributed by atoms with Gasteiger partial charge in [0.15, 0.2) is 0 Å². The van der Waals surface area contributed by atoms with E-state index < -0.39 is 12.0 Å². The number of hydrogen-bond acceptors (Lipinski definition) is 2. The Morgan fingerprint density at radius 2 is 2.22 bits per heavy atom. The molecule has 1 aliphatic heterocycles.